The Morgan fingerprint density at radius 1 is 1.38 bits per heavy atom. The van der Waals surface area contributed by atoms with E-state index in [0.29, 0.717) is 24.0 Å². The van der Waals surface area contributed by atoms with Gasteiger partial charge >= 0.3 is 0 Å². The molecule has 0 saturated heterocycles. The van der Waals surface area contributed by atoms with Gasteiger partial charge in [-0.15, -0.1) is 0 Å². The molecule has 2 rings (SSSR count). The SMILES string of the molecule is CCNc1cc(S(=O)(=O)NC(C)c2ncc(C)o2)ccn1. The number of rotatable bonds is 6. The standard InChI is InChI=1S/C13H18N4O3S/c1-4-14-12-7-11(5-6-15-12)21(18,19)17-10(3)13-16-8-9(2)20-13/h5-8,10,17H,4H2,1-3H3,(H,14,15). The van der Waals surface area contributed by atoms with Gasteiger partial charge in [0, 0.05) is 18.8 Å². The Bertz CT molecular complexity index is 712. The van der Waals surface area contributed by atoms with Crippen LogP contribution in [-0.2, 0) is 10.0 Å². The molecule has 2 aromatic heterocycles. The minimum Gasteiger partial charge on any atom is -0.444 e. The lowest BCUT2D eigenvalue weighted by Crippen LogP contribution is -2.27. The van der Waals surface area contributed by atoms with Gasteiger partial charge in [0.15, 0.2) is 0 Å². The van der Waals surface area contributed by atoms with Crippen LogP contribution in [0.1, 0.15) is 31.5 Å². The van der Waals surface area contributed by atoms with E-state index in [-0.39, 0.29) is 4.90 Å². The first-order valence-corrected chi connectivity index (χ1v) is 8.05. The molecule has 114 valence electrons. The summed E-state index contributed by atoms with van der Waals surface area (Å²) in [6.07, 6.45) is 3.00. The van der Waals surface area contributed by atoms with E-state index in [2.05, 4.69) is 20.0 Å². The van der Waals surface area contributed by atoms with Crippen molar-refractivity contribution in [1.82, 2.24) is 14.7 Å². The van der Waals surface area contributed by atoms with Gasteiger partial charge in [0.05, 0.1) is 17.1 Å². The second-order valence-corrected chi connectivity index (χ2v) is 6.27. The largest absolute Gasteiger partial charge is 0.444 e. The topological polar surface area (TPSA) is 97.1 Å². The van der Waals surface area contributed by atoms with Crippen LogP contribution in [0.25, 0.3) is 0 Å². The van der Waals surface area contributed by atoms with Gasteiger partial charge in [0.25, 0.3) is 0 Å². The minimum atomic E-state index is -3.67. The molecule has 0 aliphatic rings. The number of hydrogen-bond acceptors (Lipinski definition) is 6. The Kier molecular flexibility index (Phi) is 4.59. The van der Waals surface area contributed by atoms with Crippen LogP contribution < -0.4 is 10.0 Å². The van der Waals surface area contributed by atoms with Crippen molar-refractivity contribution in [2.24, 2.45) is 0 Å². The van der Waals surface area contributed by atoms with E-state index in [1.807, 2.05) is 6.92 Å². The van der Waals surface area contributed by atoms with Crippen LogP contribution in [0.5, 0.6) is 0 Å². The Morgan fingerprint density at radius 3 is 2.76 bits per heavy atom. The number of aryl methyl sites for hydroxylation is 1. The summed E-state index contributed by atoms with van der Waals surface area (Å²) in [5, 5.41) is 2.97. The van der Waals surface area contributed by atoms with E-state index >= 15 is 0 Å². The number of pyridine rings is 1. The molecule has 0 saturated carbocycles. The van der Waals surface area contributed by atoms with E-state index in [9.17, 15) is 8.42 Å². The molecule has 0 amide bonds. The van der Waals surface area contributed by atoms with Crippen molar-refractivity contribution in [1.29, 1.82) is 0 Å². The van der Waals surface area contributed by atoms with Gasteiger partial charge in [-0.3, -0.25) is 0 Å². The monoisotopic (exact) mass is 310 g/mol. The smallest absolute Gasteiger partial charge is 0.241 e. The highest BCUT2D eigenvalue weighted by Gasteiger charge is 2.21. The van der Waals surface area contributed by atoms with E-state index in [1.54, 1.807) is 20.0 Å². The van der Waals surface area contributed by atoms with Gasteiger partial charge in [0.1, 0.15) is 11.6 Å². The van der Waals surface area contributed by atoms with Crippen LogP contribution in [0.4, 0.5) is 5.82 Å². The summed E-state index contributed by atoms with van der Waals surface area (Å²) < 4.78 is 32.5. The van der Waals surface area contributed by atoms with Crippen LogP contribution >= 0.6 is 0 Å². The molecule has 2 N–H and O–H groups in total. The maximum atomic E-state index is 12.3. The molecule has 7 nitrogen and oxygen atoms in total. The lowest BCUT2D eigenvalue weighted by atomic mass is 10.4. The Balaban J connectivity index is 2.19. The van der Waals surface area contributed by atoms with Crippen molar-refractivity contribution in [2.75, 3.05) is 11.9 Å². The molecule has 0 aliphatic carbocycles. The van der Waals surface area contributed by atoms with Gasteiger partial charge in [-0.25, -0.2) is 18.4 Å². The second-order valence-electron chi connectivity index (χ2n) is 4.56. The highest BCUT2D eigenvalue weighted by molar-refractivity contribution is 7.89. The molecule has 0 fully saturated rings. The number of oxazole rings is 1. The number of hydrogen-bond donors (Lipinski definition) is 2. The molecule has 1 unspecified atom stereocenters. The minimum absolute atomic E-state index is 0.142. The molecule has 21 heavy (non-hydrogen) atoms. The number of sulfonamides is 1. The third kappa shape index (κ3) is 3.79. The van der Waals surface area contributed by atoms with E-state index < -0.39 is 16.1 Å². The third-order valence-electron chi connectivity index (χ3n) is 2.74. The molecular weight excluding hydrogens is 292 g/mol. The van der Waals surface area contributed by atoms with Gasteiger partial charge in [-0.2, -0.15) is 4.72 Å². The van der Waals surface area contributed by atoms with Gasteiger partial charge in [-0.05, 0) is 26.8 Å². The van der Waals surface area contributed by atoms with E-state index in [0.717, 1.165) is 0 Å². The highest BCUT2D eigenvalue weighted by atomic mass is 32.2. The maximum Gasteiger partial charge on any atom is 0.241 e. The summed E-state index contributed by atoms with van der Waals surface area (Å²) in [7, 11) is -3.67. The Labute approximate surface area is 123 Å². The predicted octanol–water partition coefficient (Wildman–Crippen LogP) is 1.85. The fourth-order valence-corrected chi connectivity index (χ4v) is 2.99. The summed E-state index contributed by atoms with van der Waals surface area (Å²) in [6.45, 7) is 6.00. The van der Waals surface area contributed by atoms with Crippen molar-refractivity contribution in [3.63, 3.8) is 0 Å². The first kappa shape index (κ1) is 15.5. The first-order chi connectivity index (χ1) is 9.92. The van der Waals surface area contributed by atoms with Crippen molar-refractivity contribution in [2.45, 2.75) is 31.7 Å². The predicted molar refractivity (Wildman–Crippen MR) is 78.4 cm³/mol. The summed E-state index contributed by atoms with van der Waals surface area (Å²) in [5.74, 6) is 1.48. The molecule has 0 spiro atoms. The molecule has 0 aliphatic heterocycles. The van der Waals surface area contributed by atoms with Crippen LogP contribution in [-0.4, -0.2) is 24.9 Å². The first-order valence-electron chi connectivity index (χ1n) is 6.57. The number of anilines is 1. The third-order valence-corrected chi connectivity index (χ3v) is 4.28. The highest BCUT2D eigenvalue weighted by Crippen LogP contribution is 2.18. The zero-order chi connectivity index (χ0) is 15.5. The van der Waals surface area contributed by atoms with Crippen molar-refractivity contribution < 1.29 is 12.8 Å². The Hall–Kier alpha value is -1.93. The average Bonchev–Trinajstić information content (AvgIpc) is 2.86. The quantitative estimate of drug-likeness (QED) is 0.845. The summed E-state index contributed by atoms with van der Waals surface area (Å²) >= 11 is 0. The number of nitrogens with zero attached hydrogens (tertiary/aromatic N) is 2. The van der Waals surface area contributed by atoms with Crippen LogP contribution in [0.2, 0.25) is 0 Å². The molecule has 0 bridgehead atoms. The zero-order valence-corrected chi connectivity index (χ0v) is 12.9. The van der Waals surface area contributed by atoms with Crippen LogP contribution in [0.3, 0.4) is 0 Å². The second kappa shape index (κ2) is 6.23. The van der Waals surface area contributed by atoms with Crippen LogP contribution in [0.15, 0.2) is 33.8 Å². The van der Waals surface area contributed by atoms with Crippen molar-refractivity contribution in [3.8, 4) is 0 Å². The van der Waals surface area contributed by atoms with Crippen molar-refractivity contribution in [3.05, 3.63) is 36.2 Å². The van der Waals surface area contributed by atoms with E-state index in [4.69, 9.17) is 4.42 Å². The van der Waals surface area contributed by atoms with Gasteiger partial charge < -0.3 is 9.73 Å². The van der Waals surface area contributed by atoms with Crippen LogP contribution in [0, 0.1) is 6.92 Å². The summed E-state index contributed by atoms with van der Waals surface area (Å²) in [6, 6.07) is 2.37. The molecule has 2 aromatic rings. The molecule has 8 heteroatoms. The molecular formula is C13H18N4O3S. The van der Waals surface area contributed by atoms with Crippen molar-refractivity contribution >= 4 is 15.8 Å². The maximum absolute atomic E-state index is 12.3. The number of nitrogens with one attached hydrogen (secondary N) is 2. The normalized spacial score (nSPS) is 13.1. The van der Waals surface area contributed by atoms with E-state index in [1.165, 1.54) is 18.3 Å². The zero-order valence-electron chi connectivity index (χ0n) is 12.1. The number of aromatic nitrogens is 2. The molecule has 0 aromatic carbocycles. The molecule has 2 heterocycles. The summed E-state index contributed by atoms with van der Waals surface area (Å²) in [5.41, 5.74) is 0. The van der Waals surface area contributed by atoms with Gasteiger partial charge in [0.2, 0.25) is 15.9 Å². The lowest BCUT2D eigenvalue weighted by molar-refractivity contribution is 0.428. The lowest BCUT2D eigenvalue weighted by Gasteiger charge is -2.12. The Morgan fingerprint density at radius 2 is 2.14 bits per heavy atom. The molecule has 0 radical (unpaired) electrons. The molecule has 1 atom stereocenters. The average molecular weight is 310 g/mol. The fraction of sp³-hybridized carbons (Fsp3) is 0.385. The van der Waals surface area contributed by atoms with Gasteiger partial charge in [-0.1, -0.05) is 0 Å². The summed E-state index contributed by atoms with van der Waals surface area (Å²) in [4.78, 5) is 8.21. The fourth-order valence-electron chi connectivity index (χ4n) is 1.78.